The molecule has 2 nitrogen and oxygen atoms in total. The Labute approximate surface area is 91.3 Å². The van der Waals surface area contributed by atoms with E-state index >= 15 is 0 Å². The molecule has 0 aliphatic heterocycles. The minimum atomic E-state index is -0.240. The van der Waals surface area contributed by atoms with Crippen LogP contribution in [0.2, 0.25) is 0 Å². The van der Waals surface area contributed by atoms with Crippen LogP contribution in [0.25, 0.3) is 22.2 Å². The van der Waals surface area contributed by atoms with E-state index < -0.39 is 0 Å². The lowest BCUT2D eigenvalue weighted by Crippen LogP contribution is -1.81. The van der Waals surface area contributed by atoms with Crippen molar-refractivity contribution in [2.75, 3.05) is 0 Å². The maximum Gasteiger partial charge on any atom is 0.182 e. The van der Waals surface area contributed by atoms with E-state index in [9.17, 15) is 4.39 Å². The quantitative estimate of drug-likeness (QED) is 0.616. The summed E-state index contributed by atoms with van der Waals surface area (Å²) in [6.07, 6.45) is 1.41. The topological polar surface area (TPSA) is 26.0 Å². The largest absolute Gasteiger partial charge is 0.443 e. The summed E-state index contributed by atoms with van der Waals surface area (Å²) >= 11 is 0. The molecule has 0 saturated heterocycles. The Morgan fingerprint density at radius 2 is 1.81 bits per heavy atom. The number of benzene rings is 2. The first-order valence-electron chi connectivity index (χ1n) is 4.93. The molecule has 2 aromatic carbocycles. The third-order valence-corrected chi connectivity index (χ3v) is 2.52. The minimum Gasteiger partial charge on any atom is -0.443 e. The number of hydrogen-bond acceptors (Lipinski definition) is 2. The highest BCUT2D eigenvalue weighted by molar-refractivity contribution is 5.90. The van der Waals surface area contributed by atoms with Crippen molar-refractivity contribution in [2.45, 2.75) is 0 Å². The molecule has 0 amide bonds. The van der Waals surface area contributed by atoms with Crippen LogP contribution in [0.5, 0.6) is 0 Å². The van der Waals surface area contributed by atoms with Gasteiger partial charge in [0.15, 0.2) is 12.0 Å². The SMILES string of the molecule is Fc1ccc(-c2cccc3ocnc23)cc1. The van der Waals surface area contributed by atoms with Gasteiger partial charge >= 0.3 is 0 Å². The van der Waals surface area contributed by atoms with E-state index in [2.05, 4.69) is 4.98 Å². The van der Waals surface area contributed by atoms with Gasteiger partial charge in [-0.2, -0.15) is 0 Å². The molecular formula is C13H8FNO. The van der Waals surface area contributed by atoms with Gasteiger partial charge in [0.25, 0.3) is 0 Å². The Kier molecular flexibility index (Phi) is 1.96. The Morgan fingerprint density at radius 1 is 1.00 bits per heavy atom. The standard InChI is InChI=1S/C13H8FNO/c14-10-6-4-9(5-7-10)11-2-1-3-12-13(11)15-8-16-12/h1-8H. The van der Waals surface area contributed by atoms with Crippen LogP contribution in [0.3, 0.4) is 0 Å². The molecule has 0 saturated carbocycles. The van der Waals surface area contributed by atoms with Gasteiger partial charge in [-0.25, -0.2) is 9.37 Å². The smallest absolute Gasteiger partial charge is 0.182 e. The zero-order valence-electron chi connectivity index (χ0n) is 8.35. The number of fused-ring (bicyclic) bond motifs is 1. The van der Waals surface area contributed by atoms with E-state index in [4.69, 9.17) is 4.42 Å². The van der Waals surface area contributed by atoms with Gasteiger partial charge in [-0.1, -0.05) is 24.3 Å². The summed E-state index contributed by atoms with van der Waals surface area (Å²) in [5, 5.41) is 0. The van der Waals surface area contributed by atoms with Crippen LogP contribution in [-0.4, -0.2) is 4.98 Å². The molecule has 0 unspecified atom stereocenters. The van der Waals surface area contributed by atoms with Crippen LogP contribution in [0.4, 0.5) is 4.39 Å². The average Bonchev–Trinajstić information content (AvgIpc) is 2.78. The molecule has 3 rings (SSSR count). The second-order valence-corrected chi connectivity index (χ2v) is 3.51. The van der Waals surface area contributed by atoms with Gasteiger partial charge in [-0.05, 0) is 23.8 Å². The average molecular weight is 213 g/mol. The number of nitrogens with zero attached hydrogens (tertiary/aromatic N) is 1. The summed E-state index contributed by atoms with van der Waals surface area (Å²) in [5.41, 5.74) is 3.42. The summed E-state index contributed by atoms with van der Waals surface area (Å²) < 4.78 is 18.0. The van der Waals surface area contributed by atoms with Crippen molar-refractivity contribution < 1.29 is 8.81 Å². The van der Waals surface area contributed by atoms with Gasteiger partial charge in [-0.3, -0.25) is 0 Å². The molecule has 0 bridgehead atoms. The van der Waals surface area contributed by atoms with Crippen molar-refractivity contribution in [3.8, 4) is 11.1 Å². The van der Waals surface area contributed by atoms with Gasteiger partial charge in [0.1, 0.15) is 11.3 Å². The highest BCUT2D eigenvalue weighted by atomic mass is 19.1. The second kappa shape index (κ2) is 3.45. The van der Waals surface area contributed by atoms with Crippen LogP contribution < -0.4 is 0 Å². The summed E-state index contributed by atoms with van der Waals surface area (Å²) in [4.78, 5) is 4.16. The molecule has 1 aromatic heterocycles. The fraction of sp³-hybridized carbons (Fsp3) is 0. The van der Waals surface area contributed by atoms with Crippen molar-refractivity contribution in [1.82, 2.24) is 4.98 Å². The van der Waals surface area contributed by atoms with E-state index in [1.807, 2.05) is 18.2 Å². The predicted molar refractivity (Wildman–Crippen MR) is 59.4 cm³/mol. The van der Waals surface area contributed by atoms with E-state index in [-0.39, 0.29) is 5.82 Å². The zero-order valence-corrected chi connectivity index (χ0v) is 8.35. The lowest BCUT2D eigenvalue weighted by Gasteiger charge is -2.01. The molecule has 16 heavy (non-hydrogen) atoms. The van der Waals surface area contributed by atoms with Crippen LogP contribution in [0.15, 0.2) is 53.3 Å². The monoisotopic (exact) mass is 213 g/mol. The molecule has 0 N–H and O–H groups in total. The van der Waals surface area contributed by atoms with E-state index in [1.54, 1.807) is 12.1 Å². The van der Waals surface area contributed by atoms with Crippen molar-refractivity contribution in [3.05, 3.63) is 54.7 Å². The van der Waals surface area contributed by atoms with E-state index in [0.717, 1.165) is 22.2 Å². The zero-order chi connectivity index (χ0) is 11.0. The van der Waals surface area contributed by atoms with E-state index in [0.29, 0.717) is 0 Å². The summed E-state index contributed by atoms with van der Waals surface area (Å²) in [5.74, 6) is -0.240. The molecule has 78 valence electrons. The fourth-order valence-corrected chi connectivity index (χ4v) is 1.75. The predicted octanol–water partition coefficient (Wildman–Crippen LogP) is 3.63. The first-order valence-corrected chi connectivity index (χ1v) is 4.93. The molecule has 3 heteroatoms. The Hall–Kier alpha value is -2.16. The number of oxazole rings is 1. The molecular weight excluding hydrogens is 205 g/mol. The maximum atomic E-state index is 12.8. The van der Waals surface area contributed by atoms with Gasteiger partial charge in [0.2, 0.25) is 0 Å². The van der Waals surface area contributed by atoms with E-state index in [1.165, 1.54) is 18.5 Å². The lowest BCUT2D eigenvalue weighted by atomic mass is 10.0. The van der Waals surface area contributed by atoms with Crippen molar-refractivity contribution in [3.63, 3.8) is 0 Å². The highest BCUT2D eigenvalue weighted by Crippen LogP contribution is 2.27. The summed E-state index contributed by atoms with van der Waals surface area (Å²) in [7, 11) is 0. The molecule has 0 aliphatic rings. The Morgan fingerprint density at radius 3 is 2.62 bits per heavy atom. The third kappa shape index (κ3) is 1.37. The third-order valence-electron chi connectivity index (χ3n) is 2.52. The molecule has 0 radical (unpaired) electrons. The first-order chi connectivity index (χ1) is 7.84. The molecule has 3 aromatic rings. The summed E-state index contributed by atoms with van der Waals surface area (Å²) in [6, 6.07) is 12.0. The van der Waals surface area contributed by atoms with Crippen LogP contribution in [-0.2, 0) is 0 Å². The minimum absolute atomic E-state index is 0.240. The second-order valence-electron chi connectivity index (χ2n) is 3.51. The van der Waals surface area contributed by atoms with Gasteiger partial charge in [0, 0.05) is 5.56 Å². The number of para-hydroxylation sites is 1. The van der Waals surface area contributed by atoms with Crippen molar-refractivity contribution >= 4 is 11.1 Å². The van der Waals surface area contributed by atoms with Crippen LogP contribution in [0, 0.1) is 5.82 Å². The van der Waals surface area contributed by atoms with Crippen molar-refractivity contribution in [1.29, 1.82) is 0 Å². The van der Waals surface area contributed by atoms with Gasteiger partial charge in [-0.15, -0.1) is 0 Å². The molecule has 1 heterocycles. The molecule has 0 spiro atoms. The molecule has 0 aliphatic carbocycles. The Bertz CT molecular complexity index is 628. The molecule has 0 fully saturated rings. The van der Waals surface area contributed by atoms with Gasteiger partial charge < -0.3 is 4.42 Å². The fourth-order valence-electron chi connectivity index (χ4n) is 1.75. The number of aromatic nitrogens is 1. The summed E-state index contributed by atoms with van der Waals surface area (Å²) in [6.45, 7) is 0. The van der Waals surface area contributed by atoms with Gasteiger partial charge in [0.05, 0.1) is 0 Å². The first kappa shape index (κ1) is 9.09. The maximum absolute atomic E-state index is 12.8. The number of halogens is 1. The molecule has 0 atom stereocenters. The number of hydrogen-bond donors (Lipinski definition) is 0. The van der Waals surface area contributed by atoms with Crippen LogP contribution >= 0.6 is 0 Å². The lowest BCUT2D eigenvalue weighted by molar-refractivity contribution is 0.602. The Balaban J connectivity index is 2.25. The highest BCUT2D eigenvalue weighted by Gasteiger charge is 2.06. The number of rotatable bonds is 1. The van der Waals surface area contributed by atoms with Crippen LogP contribution in [0.1, 0.15) is 0 Å². The van der Waals surface area contributed by atoms with Crippen molar-refractivity contribution in [2.24, 2.45) is 0 Å². The normalized spacial score (nSPS) is 10.8.